The minimum Gasteiger partial charge on any atom is -0.482 e. The lowest BCUT2D eigenvalue weighted by molar-refractivity contribution is -0.123. The van der Waals surface area contributed by atoms with E-state index >= 15 is 0 Å². The van der Waals surface area contributed by atoms with Crippen molar-refractivity contribution in [2.45, 2.75) is 6.92 Å². The van der Waals surface area contributed by atoms with Gasteiger partial charge in [-0.05, 0) is 42.8 Å². The molecule has 0 unspecified atom stereocenters. The normalized spacial score (nSPS) is 13.3. The average Bonchev–Trinajstić information content (AvgIpc) is 2.53. The van der Waals surface area contributed by atoms with Gasteiger partial charge in [-0.2, -0.15) is 0 Å². The monoisotopic (exact) mass is 364 g/mol. The highest BCUT2D eigenvalue weighted by molar-refractivity contribution is 6.33. The van der Waals surface area contributed by atoms with Gasteiger partial charge in [-0.25, -0.2) is 0 Å². The van der Waals surface area contributed by atoms with Crippen molar-refractivity contribution in [2.24, 2.45) is 0 Å². The van der Waals surface area contributed by atoms with Gasteiger partial charge >= 0.3 is 0 Å². The summed E-state index contributed by atoms with van der Waals surface area (Å²) in [5.74, 6) is -0.156. The summed E-state index contributed by atoms with van der Waals surface area (Å²) in [6.07, 6.45) is 0. The van der Waals surface area contributed by atoms with E-state index in [2.05, 4.69) is 5.32 Å². The zero-order chi connectivity index (χ0) is 17.3. The SMILES string of the molecule is Cc1ccc(NC(=O)CN2C(=O)COc3ccc(Cl)cc32)c(Cl)c1. The van der Waals surface area contributed by atoms with Gasteiger partial charge in [0.05, 0.1) is 16.4 Å². The maximum atomic E-state index is 12.3. The molecule has 3 rings (SSSR count). The second-order valence-corrected chi connectivity index (χ2v) is 6.26. The van der Waals surface area contributed by atoms with E-state index in [-0.39, 0.29) is 25.0 Å². The van der Waals surface area contributed by atoms with Crippen LogP contribution in [0, 0.1) is 6.92 Å². The highest BCUT2D eigenvalue weighted by Crippen LogP contribution is 2.34. The van der Waals surface area contributed by atoms with Gasteiger partial charge in [-0.1, -0.05) is 29.3 Å². The van der Waals surface area contributed by atoms with Gasteiger partial charge in [0.15, 0.2) is 6.61 Å². The zero-order valence-electron chi connectivity index (χ0n) is 12.8. The molecule has 1 heterocycles. The Kier molecular flexibility index (Phi) is 4.64. The van der Waals surface area contributed by atoms with Crippen molar-refractivity contribution in [1.82, 2.24) is 0 Å². The summed E-state index contributed by atoms with van der Waals surface area (Å²) in [7, 11) is 0. The van der Waals surface area contributed by atoms with Crippen molar-refractivity contribution in [3.8, 4) is 5.75 Å². The van der Waals surface area contributed by atoms with Crippen molar-refractivity contribution in [3.05, 3.63) is 52.0 Å². The van der Waals surface area contributed by atoms with Crippen LogP contribution in [0.25, 0.3) is 0 Å². The number of fused-ring (bicyclic) bond motifs is 1. The Morgan fingerprint density at radius 2 is 2.04 bits per heavy atom. The number of halogens is 2. The molecular weight excluding hydrogens is 351 g/mol. The van der Waals surface area contributed by atoms with E-state index in [0.717, 1.165) is 5.56 Å². The number of rotatable bonds is 3. The number of benzene rings is 2. The molecule has 7 heteroatoms. The van der Waals surface area contributed by atoms with E-state index in [4.69, 9.17) is 27.9 Å². The zero-order valence-corrected chi connectivity index (χ0v) is 14.3. The molecule has 24 heavy (non-hydrogen) atoms. The quantitative estimate of drug-likeness (QED) is 0.903. The third kappa shape index (κ3) is 3.47. The van der Waals surface area contributed by atoms with Crippen LogP contribution in [0.5, 0.6) is 5.75 Å². The highest BCUT2D eigenvalue weighted by atomic mass is 35.5. The summed E-state index contributed by atoms with van der Waals surface area (Å²) >= 11 is 12.1. The number of carbonyl (C=O) groups excluding carboxylic acids is 2. The van der Waals surface area contributed by atoms with Crippen LogP contribution in [0.4, 0.5) is 11.4 Å². The van der Waals surface area contributed by atoms with Gasteiger partial charge in [0.1, 0.15) is 12.3 Å². The van der Waals surface area contributed by atoms with Crippen molar-refractivity contribution in [2.75, 3.05) is 23.4 Å². The van der Waals surface area contributed by atoms with E-state index in [0.29, 0.717) is 27.2 Å². The van der Waals surface area contributed by atoms with Gasteiger partial charge in [-0.3, -0.25) is 14.5 Å². The Bertz CT molecular complexity index is 823. The number of carbonyl (C=O) groups is 2. The molecule has 5 nitrogen and oxygen atoms in total. The molecule has 0 bridgehead atoms. The third-order valence-corrected chi connectivity index (χ3v) is 4.11. The molecule has 0 saturated heterocycles. The number of nitrogens with zero attached hydrogens (tertiary/aromatic N) is 1. The minimum atomic E-state index is -0.359. The van der Waals surface area contributed by atoms with Crippen molar-refractivity contribution in [1.29, 1.82) is 0 Å². The molecule has 0 atom stereocenters. The maximum absolute atomic E-state index is 12.3. The molecule has 0 saturated carbocycles. The van der Waals surface area contributed by atoms with Crippen LogP contribution < -0.4 is 15.0 Å². The number of anilines is 2. The fourth-order valence-corrected chi connectivity index (χ4v) is 2.85. The molecule has 0 radical (unpaired) electrons. The lowest BCUT2D eigenvalue weighted by Crippen LogP contribution is -2.43. The Balaban J connectivity index is 1.79. The number of amides is 2. The maximum Gasteiger partial charge on any atom is 0.265 e. The second-order valence-electron chi connectivity index (χ2n) is 5.41. The summed E-state index contributed by atoms with van der Waals surface area (Å²) < 4.78 is 5.35. The molecule has 2 aromatic rings. The molecule has 1 aliphatic rings. The Hall–Kier alpha value is -2.24. The van der Waals surface area contributed by atoms with Gasteiger partial charge in [-0.15, -0.1) is 0 Å². The molecule has 0 aromatic heterocycles. The summed E-state index contributed by atoms with van der Waals surface area (Å²) in [6, 6.07) is 10.3. The average molecular weight is 365 g/mol. The number of hydrogen-bond donors (Lipinski definition) is 1. The standard InChI is InChI=1S/C17H14Cl2N2O3/c1-10-2-4-13(12(19)6-10)20-16(22)8-21-14-7-11(18)3-5-15(14)24-9-17(21)23/h2-7H,8-9H2,1H3,(H,20,22). The molecule has 2 amide bonds. The lowest BCUT2D eigenvalue weighted by Gasteiger charge is -2.29. The Morgan fingerprint density at radius 3 is 2.79 bits per heavy atom. The molecule has 2 aromatic carbocycles. The molecule has 0 fully saturated rings. The topological polar surface area (TPSA) is 58.6 Å². The van der Waals surface area contributed by atoms with Crippen LogP contribution in [0.1, 0.15) is 5.56 Å². The van der Waals surface area contributed by atoms with E-state index in [9.17, 15) is 9.59 Å². The van der Waals surface area contributed by atoms with Crippen LogP contribution in [-0.4, -0.2) is 25.0 Å². The molecule has 124 valence electrons. The van der Waals surface area contributed by atoms with E-state index in [1.54, 1.807) is 30.3 Å². The lowest BCUT2D eigenvalue weighted by atomic mass is 10.2. The van der Waals surface area contributed by atoms with E-state index in [1.807, 2.05) is 13.0 Å². The third-order valence-electron chi connectivity index (χ3n) is 3.56. The molecule has 0 spiro atoms. The molecule has 1 aliphatic heterocycles. The number of nitrogens with one attached hydrogen (secondary N) is 1. The first-order valence-corrected chi connectivity index (χ1v) is 7.98. The smallest absolute Gasteiger partial charge is 0.265 e. The summed E-state index contributed by atoms with van der Waals surface area (Å²) in [4.78, 5) is 25.8. The predicted octanol–water partition coefficient (Wildman–Crippen LogP) is 3.67. The number of aryl methyl sites for hydroxylation is 1. The summed E-state index contributed by atoms with van der Waals surface area (Å²) in [6.45, 7) is 1.64. The first kappa shape index (κ1) is 16.6. The van der Waals surface area contributed by atoms with Crippen molar-refractivity contribution < 1.29 is 14.3 Å². The van der Waals surface area contributed by atoms with Crippen LogP contribution >= 0.6 is 23.2 Å². The predicted molar refractivity (Wildman–Crippen MR) is 94.1 cm³/mol. The highest BCUT2D eigenvalue weighted by Gasteiger charge is 2.27. The van der Waals surface area contributed by atoms with Gasteiger partial charge in [0, 0.05) is 5.02 Å². The van der Waals surface area contributed by atoms with Crippen LogP contribution in [0.15, 0.2) is 36.4 Å². The minimum absolute atomic E-state index is 0.118. The molecule has 1 N–H and O–H groups in total. The first-order chi connectivity index (χ1) is 11.4. The van der Waals surface area contributed by atoms with Crippen molar-refractivity contribution in [3.63, 3.8) is 0 Å². The van der Waals surface area contributed by atoms with Gasteiger partial charge in [0.2, 0.25) is 5.91 Å². The van der Waals surface area contributed by atoms with Crippen LogP contribution in [0.3, 0.4) is 0 Å². The van der Waals surface area contributed by atoms with E-state index in [1.165, 1.54) is 4.90 Å². The Morgan fingerprint density at radius 1 is 1.25 bits per heavy atom. The molecular formula is C17H14Cl2N2O3. The Labute approximate surface area is 149 Å². The number of hydrogen-bond acceptors (Lipinski definition) is 3. The van der Waals surface area contributed by atoms with Crippen molar-refractivity contribution >= 4 is 46.4 Å². The summed E-state index contributed by atoms with van der Waals surface area (Å²) in [5.41, 5.74) is 1.97. The van der Waals surface area contributed by atoms with Crippen LogP contribution in [-0.2, 0) is 9.59 Å². The molecule has 0 aliphatic carbocycles. The van der Waals surface area contributed by atoms with E-state index < -0.39 is 0 Å². The fraction of sp³-hybridized carbons (Fsp3) is 0.176. The van der Waals surface area contributed by atoms with Crippen LogP contribution in [0.2, 0.25) is 10.0 Å². The fourth-order valence-electron chi connectivity index (χ4n) is 2.40. The van der Waals surface area contributed by atoms with Gasteiger partial charge < -0.3 is 10.1 Å². The van der Waals surface area contributed by atoms with Gasteiger partial charge in [0.25, 0.3) is 5.91 Å². The number of ether oxygens (including phenoxy) is 1. The summed E-state index contributed by atoms with van der Waals surface area (Å²) in [5, 5.41) is 3.61. The first-order valence-electron chi connectivity index (χ1n) is 7.23. The largest absolute Gasteiger partial charge is 0.482 e. The second kappa shape index (κ2) is 6.71.